The number of hydrogen-bond acceptors (Lipinski definition) is 0. The van der Waals surface area contributed by atoms with Crippen LogP contribution >= 0.6 is 0 Å². The van der Waals surface area contributed by atoms with Crippen molar-refractivity contribution >= 4 is 0 Å². The average molecular weight is 389 g/mol. The van der Waals surface area contributed by atoms with Crippen molar-refractivity contribution in [3.8, 4) is 0 Å². The Kier molecular flexibility index (Phi) is 6.43. The van der Waals surface area contributed by atoms with Crippen molar-refractivity contribution < 1.29 is 8.78 Å². The maximum absolute atomic E-state index is 15.1. The number of rotatable bonds is 3. The van der Waals surface area contributed by atoms with Gasteiger partial charge < -0.3 is 0 Å². The van der Waals surface area contributed by atoms with Crippen LogP contribution in [0.4, 0.5) is 8.78 Å². The van der Waals surface area contributed by atoms with Crippen molar-refractivity contribution in [1.82, 2.24) is 0 Å². The fourth-order valence-electron chi connectivity index (χ4n) is 6.63. The third-order valence-electron chi connectivity index (χ3n) is 8.51. The van der Waals surface area contributed by atoms with Gasteiger partial charge in [-0.15, -0.1) is 0 Å². The summed E-state index contributed by atoms with van der Waals surface area (Å²) in [7, 11) is 0. The zero-order valence-corrected chi connectivity index (χ0v) is 17.8. The zero-order chi connectivity index (χ0) is 19.7. The van der Waals surface area contributed by atoms with Crippen molar-refractivity contribution in [2.75, 3.05) is 0 Å². The maximum atomic E-state index is 15.1. The summed E-state index contributed by atoms with van der Waals surface area (Å²) in [5.74, 6) is 2.97. The second kappa shape index (κ2) is 8.84. The van der Waals surface area contributed by atoms with Crippen LogP contribution in [-0.4, -0.2) is 12.3 Å². The number of benzene rings is 1. The van der Waals surface area contributed by atoms with Crippen LogP contribution < -0.4 is 0 Å². The van der Waals surface area contributed by atoms with E-state index in [1.165, 1.54) is 51.4 Å². The first-order chi connectivity index (χ1) is 13.5. The first kappa shape index (κ1) is 20.4. The summed E-state index contributed by atoms with van der Waals surface area (Å²) in [6.07, 6.45) is 9.71. The molecule has 1 aromatic carbocycles. The Bertz CT molecular complexity index is 596. The quantitative estimate of drug-likeness (QED) is 0.495. The monoisotopic (exact) mass is 388 g/mol. The molecule has 4 rings (SSSR count). The lowest BCUT2D eigenvalue weighted by molar-refractivity contribution is 0.0400. The predicted octanol–water partition coefficient (Wildman–Crippen LogP) is 7.80. The van der Waals surface area contributed by atoms with Gasteiger partial charge in [-0.3, -0.25) is 0 Å². The lowest BCUT2D eigenvalue weighted by atomic mass is 9.64. The highest BCUT2D eigenvalue weighted by molar-refractivity contribution is 5.27. The highest BCUT2D eigenvalue weighted by Gasteiger charge is 2.43. The van der Waals surface area contributed by atoms with Crippen molar-refractivity contribution in [2.45, 2.75) is 96.3 Å². The molecule has 2 unspecified atom stereocenters. The highest BCUT2D eigenvalue weighted by Crippen LogP contribution is 2.48. The first-order valence-corrected chi connectivity index (χ1v) is 11.9. The van der Waals surface area contributed by atoms with Gasteiger partial charge in [-0.2, -0.15) is 0 Å². The molecule has 1 aromatic rings. The van der Waals surface area contributed by atoms with Gasteiger partial charge in [-0.05, 0) is 93.4 Å². The molecule has 2 heteroatoms. The van der Waals surface area contributed by atoms with E-state index in [9.17, 15) is 0 Å². The molecule has 0 N–H and O–H groups in total. The largest absolute Gasteiger partial charge is 0.247 e. The van der Waals surface area contributed by atoms with E-state index < -0.39 is 18.3 Å². The van der Waals surface area contributed by atoms with Crippen LogP contribution in [0.15, 0.2) is 24.3 Å². The lowest BCUT2D eigenvalue weighted by Crippen LogP contribution is -2.38. The van der Waals surface area contributed by atoms with Crippen LogP contribution in [0.1, 0.15) is 88.2 Å². The van der Waals surface area contributed by atoms with E-state index in [0.29, 0.717) is 18.8 Å². The SMILES string of the molecule is Cc1ccc(C2C(F)CC(C3CCC(C4CCC(C)CC4)CC3)CC2F)cc1. The van der Waals surface area contributed by atoms with Gasteiger partial charge in [-0.25, -0.2) is 8.78 Å². The summed E-state index contributed by atoms with van der Waals surface area (Å²) >= 11 is 0. The molecule has 28 heavy (non-hydrogen) atoms. The zero-order valence-electron chi connectivity index (χ0n) is 17.8. The Balaban J connectivity index is 1.31. The molecular formula is C26H38F2. The van der Waals surface area contributed by atoms with Crippen LogP contribution in [0.3, 0.4) is 0 Å². The summed E-state index contributed by atoms with van der Waals surface area (Å²) in [5, 5.41) is 0. The third-order valence-corrected chi connectivity index (χ3v) is 8.51. The van der Waals surface area contributed by atoms with Gasteiger partial charge in [0.05, 0.1) is 0 Å². The van der Waals surface area contributed by atoms with Gasteiger partial charge in [0, 0.05) is 5.92 Å². The molecular weight excluding hydrogens is 350 g/mol. The highest BCUT2D eigenvalue weighted by atomic mass is 19.1. The fraction of sp³-hybridized carbons (Fsp3) is 0.769. The average Bonchev–Trinajstić information content (AvgIpc) is 2.70. The van der Waals surface area contributed by atoms with Crippen molar-refractivity contribution in [3.63, 3.8) is 0 Å². The normalized spacial score (nSPS) is 42.3. The van der Waals surface area contributed by atoms with Crippen molar-refractivity contribution in [1.29, 1.82) is 0 Å². The topological polar surface area (TPSA) is 0 Å². The lowest BCUT2D eigenvalue weighted by Gasteiger charge is -2.43. The second-order valence-electron chi connectivity index (χ2n) is 10.4. The number of alkyl halides is 2. The van der Waals surface area contributed by atoms with Crippen LogP contribution in [-0.2, 0) is 0 Å². The number of aryl methyl sites for hydroxylation is 1. The second-order valence-corrected chi connectivity index (χ2v) is 10.4. The number of hydrogen-bond donors (Lipinski definition) is 0. The Morgan fingerprint density at radius 2 is 1.07 bits per heavy atom. The summed E-state index contributed by atoms with van der Waals surface area (Å²) in [4.78, 5) is 0. The van der Waals surface area contributed by atoms with Crippen molar-refractivity contribution in [3.05, 3.63) is 35.4 Å². The number of halogens is 2. The predicted molar refractivity (Wildman–Crippen MR) is 113 cm³/mol. The van der Waals surface area contributed by atoms with Crippen LogP contribution in [0.25, 0.3) is 0 Å². The molecule has 156 valence electrons. The van der Waals surface area contributed by atoms with E-state index in [1.807, 2.05) is 31.2 Å². The molecule has 0 bridgehead atoms. The van der Waals surface area contributed by atoms with E-state index in [-0.39, 0.29) is 5.92 Å². The minimum Gasteiger partial charge on any atom is -0.247 e. The van der Waals surface area contributed by atoms with E-state index in [0.717, 1.165) is 28.9 Å². The molecule has 3 fully saturated rings. The minimum absolute atomic E-state index is 0.249. The summed E-state index contributed by atoms with van der Waals surface area (Å²) in [6.45, 7) is 4.41. The van der Waals surface area contributed by atoms with Crippen LogP contribution in [0.5, 0.6) is 0 Å². The molecule has 0 aromatic heterocycles. The molecule has 0 aliphatic heterocycles. The van der Waals surface area contributed by atoms with E-state index >= 15 is 8.78 Å². The molecule has 3 saturated carbocycles. The van der Waals surface area contributed by atoms with E-state index in [1.54, 1.807) is 0 Å². The smallest absolute Gasteiger partial charge is 0.110 e. The van der Waals surface area contributed by atoms with Gasteiger partial charge >= 0.3 is 0 Å². The Morgan fingerprint density at radius 1 is 0.643 bits per heavy atom. The Hall–Kier alpha value is -0.920. The summed E-state index contributed by atoms with van der Waals surface area (Å²) < 4.78 is 30.1. The van der Waals surface area contributed by atoms with Gasteiger partial charge in [0.15, 0.2) is 0 Å². The third kappa shape index (κ3) is 4.46. The molecule has 0 nitrogen and oxygen atoms in total. The molecule has 0 radical (unpaired) electrons. The molecule has 3 aliphatic carbocycles. The van der Waals surface area contributed by atoms with Crippen LogP contribution in [0.2, 0.25) is 0 Å². The summed E-state index contributed by atoms with van der Waals surface area (Å²) in [5.41, 5.74) is 1.99. The van der Waals surface area contributed by atoms with Gasteiger partial charge in [-0.1, -0.05) is 49.6 Å². The van der Waals surface area contributed by atoms with Crippen LogP contribution in [0, 0.1) is 36.5 Å². The Labute approximate surface area is 170 Å². The molecule has 0 spiro atoms. The molecule has 0 heterocycles. The molecule has 3 aliphatic rings. The molecule has 0 saturated heterocycles. The van der Waals surface area contributed by atoms with E-state index in [4.69, 9.17) is 0 Å². The van der Waals surface area contributed by atoms with Crippen molar-refractivity contribution in [2.24, 2.45) is 29.6 Å². The maximum Gasteiger partial charge on any atom is 0.110 e. The van der Waals surface area contributed by atoms with Gasteiger partial charge in [0.25, 0.3) is 0 Å². The fourth-order valence-corrected chi connectivity index (χ4v) is 6.63. The first-order valence-electron chi connectivity index (χ1n) is 11.9. The summed E-state index contributed by atoms with van der Waals surface area (Å²) in [6, 6.07) is 7.81. The van der Waals surface area contributed by atoms with E-state index in [2.05, 4.69) is 6.92 Å². The minimum atomic E-state index is -1.03. The van der Waals surface area contributed by atoms with Gasteiger partial charge in [0.1, 0.15) is 12.3 Å². The van der Waals surface area contributed by atoms with Gasteiger partial charge in [0.2, 0.25) is 0 Å². The standard InChI is InChI=1S/C26H38F2/c1-17-3-7-19(8-4-17)20-11-13-21(14-12-20)23-15-24(27)26(25(28)16-23)22-9-5-18(2)6-10-22/h5-6,9-10,17,19-21,23-26H,3-4,7-8,11-16H2,1-2H3. The Morgan fingerprint density at radius 3 is 1.57 bits per heavy atom. The molecule has 0 amide bonds. The molecule has 2 atom stereocenters.